The average molecular weight is 191 g/mol. The molecule has 0 radical (unpaired) electrons. The highest BCUT2D eigenvalue weighted by Gasteiger charge is 2.21. The molecule has 0 aliphatic carbocycles. The zero-order chi connectivity index (χ0) is 10.8. The molecule has 1 atom stereocenters. The molecule has 0 amide bonds. The normalized spacial score (nSPS) is 15.6. The smallest absolute Gasteiger partial charge is 0.0383 e. The number of benzene rings is 1. The molecule has 0 saturated heterocycles. The highest BCUT2D eigenvalue weighted by molar-refractivity contribution is 5.27. The van der Waals surface area contributed by atoms with Gasteiger partial charge >= 0.3 is 0 Å². The van der Waals surface area contributed by atoms with Gasteiger partial charge in [0, 0.05) is 5.54 Å². The van der Waals surface area contributed by atoms with Crippen molar-refractivity contribution in [2.75, 3.05) is 0 Å². The lowest BCUT2D eigenvalue weighted by molar-refractivity contribution is 0.380. The third-order valence-corrected chi connectivity index (χ3v) is 2.54. The zero-order valence-electron chi connectivity index (χ0n) is 9.67. The lowest BCUT2D eigenvalue weighted by Crippen LogP contribution is -2.34. The van der Waals surface area contributed by atoms with Crippen LogP contribution in [0.15, 0.2) is 24.3 Å². The minimum atomic E-state index is -0.193. The molecule has 0 aliphatic heterocycles. The molecule has 0 spiro atoms. The molecule has 78 valence electrons. The fourth-order valence-electron chi connectivity index (χ4n) is 1.90. The SMILES string of the molecule is Cc1ccc(C(C)(N)CC(C)C)cc1. The van der Waals surface area contributed by atoms with Crippen LogP contribution in [0.4, 0.5) is 0 Å². The van der Waals surface area contributed by atoms with Crippen molar-refractivity contribution in [2.45, 2.75) is 39.7 Å². The fraction of sp³-hybridized carbons (Fsp3) is 0.538. The summed E-state index contributed by atoms with van der Waals surface area (Å²) in [6.45, 7) is 8.62. The molecule has 1 unspecified atom stereocenters. The minimum Gasteiger partial charge on any atom is -0.322 e. The van der Waals surface area contributed by atoms with Crippen molar-refractivity contribution in [1.29, 1.82) is 0 Å². The molecule has 0 fully saturated rings. The first kappa shape index (κ1) is 11.3. The van der Waals surface area contributed by atoms with Gasteiger partial charge < -0.3 is 5.73 Å². The molecule has 14 heavy (non-hydrogen) atoms. The van der Waals surface area contributed by atoms with E-state index in [1.807, 2.05) is 0 Å². The highest BCUT2D eigenvalue weighted by Crippen LogP contribution is 2.25. The maximum atomic E-state index is 6.29. The van der Waals surface area contributed by atoms with Gasteiger partial charge in [-0.05, 0) is 31.7 Å². The summed E-state index contributed by atoms with van der Waals surface area (Å²) in [6, 6.07) is 8.52. The Balaban J connectivity index is 2.86. The van der Waals surface area contributed by atoms with E-state index in [0.717, 1.165) is 6.42 Å². The first-order valence-corrected chi connectivity index (χ1v) is 5.28. The van der Waals surface area contributed by atoms with Gasteiger partial charge in [-0.25, -0.2) is 0 Å². The third kappa shape index (κ3) is 2.85. The first-order valence-electron chi connectivity index (χ1n) is 5.28. The lowest BCUT2D eigenvalue weighted by Gasteiger charge is -2.27. The summed E-state index contributed by atoms with van der Waals surface area (Å²) in [7, 11) is 0. The number of aryl methyl sites for hydroxylation is 1. The van der Waals surface area contributed by atoms with E-state index in [2.05, 4.69) is 52.0 Å². The molecule has 0 saturated carbocycles. The summed E-state index contributed by atoms with van der Waals surface area (Å²) in [5, 5.41) is 0. The van der Waals surface area contributed by atoms with Gasteiger partial charge in [0.15, 0.2) is 0 Å². The van der Waals surface area contributed by atoms with Gasteiger partial charge in [-0.1, -0.05) is 43.7 Å². The molecule has 0 bridgehead atoms. The Morgan fingerprint density at radius 2 is 1.71 bits per heavy atom. The second-order valence-corrected chi connectivity index (χ2v) is 4.88. The molecule has 1 aromatic carbocycles. The van der Waals surface area contributed by atoms with Crippen LogP contribution in [0.2, 0.25) is 0 Å². The van der Waals surface area contributed by atoms with Crippen molar-refractivity contribution < 1.29 is 0 Å². The second kappa shape index (κ2) is 4.14. The van der Waals surface area contributed by atoms with E-state index in [0.29, 0.717) is 5.92 Å². The average Bonchev–Trinajstić information content (AvgIpc) is 2.02. The fourth-order valence-corrected chi connectivity index (χ4v) is 1.90. The summed E-state index contributed by atoms with van der Waals surface area (Å²) >= 11 is 0. The van der Waals surface area contributed by atoms with Crippen LogP contribution >= 0.6 is 0 Å². The molecular formula is C13H21N. The number of rotatable bonds is 3. The lowest BCUT2D eigenvalue weighted by atomic mass is 9.85. The van der Waals surface area contributed by atoms with Gasteiger partial charge in [0.2, 0.25) is 0 Å². The molecule has 0 aromatic heterocycles. The Kier molecular flexibility index (Phi) is 3.33. The van der Waals surface area contributed by atoms with Gasteiger partial charge in [0.25, 0.3) is 0 Å². The quantitative estimate of drug-likeness (QED) is 0.780. The summed E-state index contributed by atoms with van der Waals surface area (Å²) in [5.74, 6) is 0.631. The Morgan fingerprint density at radius 1 is 1.21 bits per heavy atom. The summed E-state index contributed by atoms with van der Waals surface area (Å²) in [5.41, 5.74) is 8.62. The van der Waals surface area contributed by atoms with Crippen molar-refractivity contribution in [3.63, 3.8) is 0 Å². The summed E-state index contributed by atoms with van der Waals surface area (Å²) in [4.78, 5) is 0. The van der Waals surface area contributed by atoms with Crippen LogP contribution in [0.25, 0.3) is 0 Å². The molecule has 1 aromatic rings. The minimum absolute atomic E-state index is 0.193. The van der Waals surface area contributed by atoms with Gasteiger partial charge in [0.1, 0.15) is 0 Å². The van der Waals surface area contributed by atoms with E-state index in [1.54, 1.807) is 0 Å². The van der Waals surface area contributed by atoms with E-state index in [-0.39, 0.29) is 5.54 Å². The topological polar surface area (TPSA) is 26.0 Å². The molecule has 1 rings (SSSR count). The monoisotopic (exact) mass is 191 g/mol. The maximum Gasteiger partial charge on any atom is 0.0383 e. The van der Waals surface area contributed by atoms with Crippen molar-refractivity contribution in [2.24, 2.45) is 11.7 Å². The Hall–Kier alpha value is -0.820. The van der Waals surface area contributed by atoms with E-state index >= 15 is 0 Å². The van der Waals surface area contributed by atoms with Crippen molar-refractivity contribution in [3.8, 4) is 0 Å². The number of hydrogen-bond donors (Lipinski definition) is 1. The van der Waals surface area contributed by atoms with Crippen LogP contribution < -0.4 is 5.73 Å². The van der Waals surface area contributed by atoms with Gasteiger partial charge in [0.05, 0.1) is 0 Å². The molecule has 0 aliphatic rings. The van der Waals surface area contributed by atoms with E-state index in [9.17, 15) is 0 Å². The first-order chi connectivity index (χ1) is 6.42. The van der Waals surface area contributed by atoms with Crippen molar-refractivity contribution >= 4 is 0 Å². The predicted octanol–water partition coefficient (Wildman–Crippen LogP) is 3.22. The standard InChI is InChI=1S/C13H21N/c1-10(2)9-13(4,14)12-7-5-11(3)6-8-12/h5-8,10H,9,14H2,1-4H3. The van der Waals surface area contributed by atoms with Crippen LogP contribution in [-0.2, 0) is 5.54 Å². The molecular weight excluding hydrogens is 170 g/mol. The van der Waals surface area contributed by atoms with Crippen LogP contribution in [-0.4, -0.2) is 0 Å². The van der Waals surface area contributed by atoms with Crippen LogP contribution in [0.1, 0.15) is 38.3 Å². The van der Waals surface area contributed by atoms with E-state index < -0.39 is 0 Å². The van der Waals surface area contributed by atoms with Crippen LogP contribution in [0.5, 0.6) is 0 Å². The Labute approximate surface area is 87.3 Å². The number of nitrogens with two attached hydrogens (primary N) is 1. The number of hydrogen-bond acceptors (Lipinski definition) is 1. The summed E-state index contributed by atoms with van der Waals surface area (Å²) < 4.78 is 0. The Morgan fingerprint density at radius 3 is 2.14 bits per heavy atom. The van der Waals surface area contributed by atoms with E-state index in [1.165, 1.54) is 11.1 Å². The second-order valence-electron chi connectivity index (χ2n) is 4.88. The van der Waals surface area contributed by atoms with Gasteiger partial charge in [-0.15, -0.1) is 0 Å². The molecule has 1 heteroatoms. The van der Waals surface area contributed by atoms with Gasteiger partial charge in [-0.2, -0.15) is 0 Å². The van der Waals surface area contributed by atoms with E-state index in [4.69, 9.17) is 5.73 Å². The van der Waals surface area contributed by atoms with Crippen LogP contribution in [0, 0.1) is 12.8 Å². The zero-order valence-corrected chi connectivity index (χ0v) is 9.67. The largest absolute Gasteiger partial charge is 0.322 e. The molecule has 2 N–H and O–H groups in total. The highest BCUT2D eigenvalue weighted by atomic mass is 14.7. The molecule has 1 nitrogen and oxygen atoms in total. The van der Waals surface area contributed by atoms with Crippen LogP contribution in [0.3, 0.4) is 0 Å². The van der Waals surface area contributed by atoms with Gasteiger partial charge in [-0.3, -0.25) is 0 Å². The Bertz CT molecular complexity index is 283. The maximum absolute atomic E-state index is 6.29. The molecule has 0 heterocycles. The summed E-state index contributed by atoms with van der Waals surface area (Å²) in [6.07, 6.45) is 1.02. The third-order valence-electron chi connectivity index (χ3n) is 2.54. The van der Waals surface area contributed by atoms with Crippen molar-refractivity contribution in [3.05, 3.63) is 35.4 Å². The predicted molar refractivity (Wildman–Crippen MR) is 62.2 cm³/mol. The van der Waals surface area contributed by atoms with Crippen molar-refractivity contribution in [1.82, 2.24) is 0 Å².